The molecular weight excluding hydrogens is 322 g/mol. The molecule has 4 rings (SSSR count). The van der Waals surface area contributed by atoms with Gasteiger partial charge in [0.2, 0.25) is 0 Å². The third-order valence-corrected chi connectivity index (χ3v) is 3.71. The van der Waals surface area contributed by atoms with Crippen molar-refractivity contribution >= 4 is 45.3 Å². The summed E-state index contributed by atoms with van der Waals surface area (Å²) in [6, 6.07) is 14.4. The van der Waals surface area contributed by atoms with Crippen molar-refractivity contribution < 1.29 is 18.5 Å². The monoisotopic (exact) mass is 335 g/mol. The van der Waals surface area contributed by atoms with Gasteiger partial charge in [-0.25, -0.2) is 0 Å². The first-order valence-electron chi connectivity index (χ1n) is 7.57. The molecule has 0 aliphatic carbocycles. The molecule has 4 aromatic rings. The Kier molecular flexibility index (Phi) is 3.46. The molecule has 2 heterocycles. The van der Waals surface area contributed by atoms with E-state index in [1.807, 2.05) is 30.3 Å². The van der Waals surface area contributed by atoms with E-state index < -0.39 is 11.8 Å². The fourth-order valence-corrected chi connectivity index (χ4v) is 2.59. The highest BCUT2D eigenvalue weighted by atomic mass is 16.5. The summed E-state index contributed by atoms with van der Waals surface area (Å²) in [7, 11) is 0. The number of nitrogens with zero attached hydrogens (tertiary/aromatic N) is 1. The molecule has 0 spiro atoms. The van der Waals surface area contributed by atoms with Crippen LogP contribution in [0.5, 0.6) is 0 Å². The summed E-state index contributed by atoms with van der Waals surface area (Å²) in [4.78, 5) is 23.9. The second-order valence-electron chi connectivity index (χ2n) is 5.54. The van der Waals surface area contributed by atoms with E-state index in [2.05, 4.69) is 15.8 Å². The molecule has 7 nitrogen and oxygen atoms in total. The van der Waals surface area contributed by atoms with Crippen LogP contribution in [0, 0.1) is 6.92 Å². The first-order chi connectivity index (χ1) is 12.1. The topological polar surface area (TPSA) is 97.4 Å². The summed E-state index contributed by atoms with van der Waals surface area (Å²) in [6.45, 7) is 1.69. The molecular formula is C18H13N3O4. The van der Waals surface area contributed by atoms with Crippen LogP contribution in [0.4, 0.5) is 11.5 Å². The van der Waals surface area contributed by atoms with Crippen LogP contribution in [0.3, 0.4) is 0 Å². The van der Waals surface area contributed by atoms with Gasteiger partial charge in [0.05, 0.1) is 0 Å². The first kappa shape index (κ1) is 14.9. The van der Waals surface area contributed by atoms with E-state index in [9.17, 15) is 9.59 Å². The van der Waals surface area contributed by atoms with Crippen LogP contribution in [0.1, 0.15) is 5.76 Å². The van der Waals surface area contributed by atoms with Gasteiger partial charge in [0, 0.05) is 28.6 Å². The van der Waals surface area contributed by atoms with E-state index in [0.717, 1.165) is 16.4 Å². The average molecular weight is 335 g/mol. The molecule has 0 saturated carbocycles. The molecule has 124 valence electrons. The number of carbonyl (C=O) groups excluding carboxylic acids is 2. The minimum atomic E-state index is -0.835. The van der Waals surface area contributed by atoms with Gasteiger partial charge in [-0.05, 0) is 25.1 Å². The van der Waals surface area contributed by atoms with Crippen molar-refractivity contribution in [2.75, 3.05) is 10.6 Å². The molecule has 0 fully saturated rings. The number of nitrogens with one attached hydrogen (secondary N) is 2. The molecule has 2 aromatic heterocycles. The number of amides is 2. The van der Waals surface area contributed by atoms with Gasteiger partial charge in [0.25, 0.3) is 0 Å². The number of furan rings is 1. The lowest BCUT2D eigenvalue weighted by atomic mass is 10.1. The lowest BCUT2D eigenvalue weighted by Crippen LogP contribution is -2.29. The standard InChI is InChI=1S/C18H13N3O4/c1-10-8-16(21-25-10)20-18(23)17(22)19-11-6-7-13-12-4-2-3-5-14(12)24-15(13)9-11/h2-9H,1H3,(H,19,22)(H,20,21,23). The predicted octanol–water partition coefficient (Wildman–Crippen LogP) is 3.46. The van der Waals surface area contributed by atoms with Crippen LogP contribution < -0.4 is 10.6 Å². The van der Waals surface area contributed by atoms with E-state index >= 15 is 0 Å². The number of hydrogen-bond acceptors (Lipinski definition) is 5. The van der Waals surface area contributed by atoms with Crippen molar-refractivity contribution in [1.29, 1.82) is 0 Å². The van der Waals surface area contributed by atoms with Crippen molar-refractivity contribution in [2.45, 2.75) is 6.92 Å². The summed E-state index contributed by atoms with van der Waals surface area (Å²) in [5.41, 5.74) is 1.86. The van der Waals surface area contributed by atoms with Crippen molar-refractivity contribution in [2.24, 2.45) is 0 Å². The fourth-order valence-electron chi connectivity index (χ4n) is 2.59. The molecule has 0 unspecified atom stereocenters. The Morgan fingerprint density at radius 2 is 1.68 bits per heavy atom. The minimum Gasteiger partial charge on any atom is -0.456 e. The van der Waals surface area contributed by atoms with Crippen molar-refractivity contribution in [3.05, 3.63) is 54.3 Å². The number of hydrogen-bond donors (Lipinski definition) is 2. The van der Waals surface area contributed by atoms with E-state index in [1.54, 1.807) is 19.1 Å². The van der Waals surface area contributed by atoms with Crippen LogP contribution in [0.25, 0.3) is 21.9 Å². The lowest BCUT2D eigenvalue weighted by Gasteiger charge is -2.04. The SMILES string of the molecule is Cc1cc(NC(=O)C(=O)Nc2ccc3c(c2)oc2ccccc23)no1. The Hall–Kier alpha value is -3.61. The first-order valence-corrected chi connectivity index (χ1v) is 7.57. The zero-order valence-electron chi connectivity index (χ0n) is 13.2. The molecule has 0 bridgehead atoms. The average Bonchev–Trinajstić information content (AvgIpc) is 3.17. The number of fused-ring (bicyclic) bond motifs is 3. The summed E-state index contributed by atoms with van der Waals surface area (Å²) in [5.74, 6) is -0.925. The van der Waals surface area contributed by atoms with E-state index in [1.165, 1.54) is 6.07 Å². The number of anilines is 2. The van der Waals surface area contributed by atoms with Gasteiger partial charge < -0.3 is 14.3 Å². The van der Waals surface area contributed by atoms with Gasteiger partial charge in [-0.15, -0.1) is 0 Å². The number of para-hydroxylation sites is 1. The Labute approximate surface area is 141 Å². The van der Waals surface area contributed by atoms with Gasteiger partial charge in [-0.1, -0.05) is 23.4 Å². The van der Waals surface area contributed by atoms with Crippen LogP contribution >= 0.6 is 0 Å². The fraction of sp³-hybridized carbons (Fsp3) is 0.0556. The molecule has 0 saturated heterocycles. The van der Waals surface area contributed by atoms with Crippen LogP contribution in [-0.4, -0.2) is 17.0 Å². The highest BCUT2D eigenvalue weighted by Gasteiger charge is 2.16. The quantitative estimate of drug-likeness (QED) is 0.547. The predicted molar refractivity (Wildman–Crippen MR) is 92.2 cm³/mol. The van der Waals surface area contributed by atoms with Crippen LogP contribution in [-0.2, 0) is 9.59 Å². The molecule has 0 atom stereocenters. The molecule has 0 radical (unpaired) electrons. The summed E-state index contributed by atoms with van der Waals surface area (Å²) < 4.78 is 10.6. The Balaban J connectivity index is 1.54. The number of carbonyl (C=O) groups is 2. The number of rotatable bonds is 2. The minimum absolute atomic E-state index is 0.186. The van der Waals surface area contributed by atoms with Gasteiger partial charge in [0.15, 0.2) is 5.82 Å². The molecule has 2 amide bonds. The van der Waals surface area contributed by atoms with E-state index in [-0.39, 0.29) is 5.82 Å². The molecule has 25 heavy (non-hydrogen) atoms. The maximum atomic E-state index is 12.0. The third-order valence-electron chi connectivity index (χ3n) is 3.71. The highest BCUT2D eigenvalue weighted by molar-refractivity contribution is 6.43. The summed E-state index contributed by atoms with van der Waals surface area (Å²) in [6.07, 6.45) is 0. The zero-order chi connectivity index (χ0) is 17.4. The summed E-state index contributed by atoms with van der Waals surface area (Å²) >= 11 is 0. The Bertz CT molecular complexity index is 1110. The molecule has 0 aliphatic rings. The smallest absolute Gasteiger partial charge is 0.315 e. The molecule has 7 heteroatoms. The van der Waals surface area contributed by atoms with Crippen molar-refractivity contribution in [1.82, 2.24) is 5.16 Å². The van der Waals surface area contributed by atoms with Gasteiger partial charge >= 0.3 is 11.8 Å². The van der Waals surface area contributed by atoms with E-state index in [4.69, 9.17) is 8.94 Å². The highest BCUT2D eigenvalue weighted by Crippen LogP contribution is 2.30. The van der Waals surface area contributed by atoms with Gasteiger partial charge in [0.1, 0.15) is 16.9 Å². The molecule has 2 aromatic carbocycles. The van der Waals surface area contributed by atoms with Crippen LogP contribution in [0.2, 0.25) is 0 Å². The maximum absolute atomic E-state index is 12.0. The summed E-state index contributed by atoms with van der Waals surface area (Å²) in [5, 5.41) is 10.4. The number of benzene rings is 2. The van der Waals surface area contributed by atoms with Crippen LogP contribution in [0.15, 0.2) is 57.5 Å². The van der Waals surface area contributed by atoms with Crippen molar-refractivity contribution in [3.63, 3.8) is 0 Å². The third kappa shape index (κ3) is 2.83. The molecule has 2 N–H and O–H groups in total. The largest absolute Gasteiger partial charge is 0.456 e. The number of aromatic nitrogens is 1. The number of aryl methyl sites for hydroxylation is 1. The maximum Gasteiger partial charge on any atom is 0.315 e. The van der Waals surface area contributed by atoms with Gasteiger partial charge in [-0.3, -0.25) is 14.9 Å². The Morgan fingerprint density at radius 3 is 2.48 bits per heavy atom. The van der Waals surface area contributed by atoms with E-state index in [0.29, 0.717) is 17.0 Å². The van der Waals surface area contributed by atoms with Crippen molar-refractivity contribution in [3.8, 4) is 0 Å². The molecule has 0 aliphatic heterocycles. The van der Waals surface area contributed by atoms with Gasteiger partial charge in [-0.2, -0.15) is 0 Å². The Morgan fingerprint density at radius 1 is 0.920 bits per heavy atom. The second-order valence-corrected chi connectivity index (χ2v) is 5.54. The second kappa shape index (κ2) is 5.79. The lowest BCUT2D eigenvalue weighted by molar-refractivity contribution is -0.133. The zero-order valence-corrected chi connectivity index (χ0v) is 13.2. The normalized spacial score (nSPS) is 10.9.